The largest absolute Gasteiger partial charge is 0.456 e. The molecule has 0 saturated carbocycles. The molecule has 0 fully saturated rings. The summed E-state index contributed by atoms with van der Waals surface area (Å²) >= 11 is 0. The second-order valence-corrected chi connectivity index (χ2v) is 16.0. The van der Waals surface area contributed by atoms with Crippen molar-refractivity contribution in [1.82, 2.24) is 0 Å². The summed E-state index contributed by atoms with van der Waals surface area (Å²) in [6.45, 7) is 4.73. The second-order valence-electron chi connectivity index (χ2n) is 16.0. The van der Waals surface area contributed by atoms with Gasteiger partial charge in [0.05, 0.1) is 0 Å². The third-order valence-electron chi connectivity index (χ3n) is 12.7. The maximum Gasteiger partial charge on any atom is 0.136 e. The summed E-state index contributed by atoms with van der Waals surface area (Å²) in [4.78, 5) is 0. The third kappa shape index (κ3) is 4.31. The zero-order valence-corrected chi connectivity index (χ0v) is 31.2. The Bertz CT molecular complexity index is 3380. The molecule has 11 aromatic rings. The van der Waals surface area contributed by atoms with E-state index in [1.165, 1.54) is 109 Å². The van der Waals surface area contributed by atoms with Gasteiger partial charge in [-0.25, -0.2) is 0 Å². The number of benzene rings is 10. The Morgan fingerprint density at radius 1 is 0.339 bits per heavy atom. The first kappa shape index (κ1) is 31.4. The molecule has 0 unspecified atom stereocenters. The Balaban J connectivity index is 1.06. The van der Waals surface area contributed by atoms with Gasteiger partial charge in [-0.2, -0.15) is 0 Å². The van der Waals surface area contributed by atoms with Crippen LogP contribution < -0.4 is 0 Å². The zero-order chi connectivity index (χ0) is 37.1. The third-order valence-corrected chi connectivity index (χ3v) is 12.7. The van der Waals surface area contributed by atoms with Gasteiger partial charge in [-0.15, -0.1) is 0 Å². The topological polar surface area (TPSA) is 13.1 Å². The van der Waals surface area contributed by atoms with Gasteiger partial charge in [0.1, 0.15) is 11.2 Å². The molecule has 262 valence electrons. The Kier molecular flexibility index (Phi) is 6.46. The molecule has 1 nitrogen and oxygen atoms in total. The maximum absolute atomic E-state index is 6.59. The van der Waals surface area contributed by atoms with Gasteiger partial charge in [-0.05, 0) is 123 Å². The van der Waals surface area contributed by atoms with E-state index in [1.807, 2.05) is 0 Å². The Morgan fingerprint density at radius 2 is 0.911 bits per heavy atom. The molecule has 0 atom stereocenters. The summed E-state index contributed by atoms with van der Waals surface area (Å²) < 4.78 is 6.59. The van der Waals surface area contributed by atoms with Crippen molar-refractivity contribution >= 4 is 65.0 Å². The zero-order valence-electron chi connectivity index (χ0n) is 31.2. The van der Waals surface area contributed by atoms with E-state index in [4.69, 9.17) is 4.42 Å². The van der Waals surface area contributed by atoms with Crippen LogP contribution in [-0.4, -0.2) is 0 Å². The van der Waals surface area contributed by atoms with Gasteiger partial charge in [-0.3, -0.25) is 0 Å². The predicted octanol–water partition coefficient (Wildman–Crippen LogP) is 15.5. The maximum atomic E-state index is 6.59. The van der Waals surface area contributed by atoms with Crippen molar-refractivity contribution in [3.05, 3.63) is 193 Å². The second kappa shape index (κ2) is 11.5. The average Bonchev–Trinajstić information content (AvgIpc) is 3.73. The van der Waals surface area contributed by atoms with E-state index in [1.54, 1.807) is 0 Å². The first-order chi connectivity index (χ1) is 27.5. The van der Waals surface area contributed by atoms with Crippen LogP contribution in [0.3, 0.4) is 0 Å². The van der Waals surface area contributed by atoms with E-state index in [0.29, 0.717) is 0 Å². The quantitative estimate of drug-likeness (QED) is 0.166. The molecule has 0 spiro atoms. The number of hydrogen-bond donors (Lipinski definition) is 0. The highest BCUT2D eigenvalue weighted by molar-refractivity contribution is 6.24. The molecule has 1 aromatic heterocycles. The Morgan fingerprint density at radius 3 is 1.62 bits per heavy atom. The number of hydrogen-bond acceptors (Lipinski definition) is 1. The Labute approximate surface area is 325 Å². The Hall–Kier alpha value is -6.96. The number of rotatable bonds is 3. The van der Waals surface area contributed by atoms with Crippen LogP contribution in [0.4, 0.5) is 0 Å². The molecule has 1 heteroatoms. The van der Waals surface area contributed by atoms with Crippen LogP contribution in [0, 0.1) is 0 Å². The molecule has 12 rings (SSSR count). The minimum Gasteiger partial charge on any atom is -0.456 e. The molecular formula is C55H36O. The van der Waals surface area contributed by atoms with Crippen LogP contribution in [0.15, 0.2) is 186 Å². The van der Waals surface area contributed by atoms with Crippen molar-refractivity contribution in [3.8, 4) is 44.5 Å². The van der Waals surface area contributed by atoms with Crippen molar-refractivity contribution in [2.24, 2.45) is 0 Å². The molecule has 56 heavy (non-hydrogen) atoms. The first-order valence-electron chi connectivity index (χ1n) is 19.6. The standard InChI is InChI=1S/C55H36O/c1-55(2)48-28-24-35(30-45(48)46-32-51-47(31-49(46)55)54-37-17-7-6-14-33(37)25-29-50(54)56-51)36-26-27-44(39-19-9-8-18-38(36)39)53-42-22-12-10-20-40(42)52(34-15-4-3-5-16-34)41-21-11-13-23-43(41)53/h3-32H,1-2H3. The fraction of sp³-hybridized carbons (Fsp3) is 0.0545. The van der Waals surface area contributed by atoms with Gasteiger partial charge in [0.25, 0.3) is 0 Å². The number of fused-ring (bicyclic) bond motifs is 11. The van der Waals surface area contributed by atoms with E-state index < -0.39 is 0 Å². The van der Waals surface area contributed by atoms with E-state index in [0.717, 1.165) is 11.2 Å². The molecule has 0 N–H and O–H groups in total. The molecular weight excluding hydrogens is 677 g/mol. The van der Waals surface area contributed by atoms with Crippen LogP contribution in [0.2, 0.25) is 0 Å². The van der Waals surface area contributed by atoms with Gasteiger partial charge in [0.15, 0.2) is 0 Å². The molecule has 0 saturated heterocycles. The van der Waals surface area contributed by atoms with Gasteiger partial charge in [0.2, 0.25) is 0 Å². The normalized spacial score (nSPS) is 13.3. The van der Waals surface area contributed by atoms with Crippen LogP contribution >= 0.6 is 0 Å². The molecule has 1 aliphatic rings. The van der Waals surface area contributed by atoms with Gasteiger partial charge in [0, 0.05) is 16.2 Å². The smallest absolute Gasteiger partial charge is 0.136 e. The van der Waals surface area contributed by atoms with E-state index in [2.05, 4.69) is 196 Å². The fourth-order valence-electron chi connectivity index (χ4n) is 10.1. The summed E-state index contributed by atoms with van der Waals surface area (Å²) in [5, 5.41) is 12.5. The van der Waals surface area contributed by atoms with Crippen LogP contribution in [0.5, 0.6) is 0 Å². The number of furan rings is 1. The van der Waals surface area contributed by atoms with E-state index >= 15 is 0 Å². The molecule has 1 aliphatic carbocycles. The van der Waals surface area contributed by atoms with Crippen molar-refractivity contribution in [1.29, 1.82) is 0 Å². The van der Waals surface area contributed by atoms with Crippen LogP contribution in [0.1, 0.15) is 25.0 Å². The van der Waals surface area contributed by atoms with E-state index in [9.17, 15) is 0 Å². The summed E-state index contributed by atoms with van der Waals surface area (Å²) in [5.74, 6) is 0. The lowest BCUT2D eigenvalue weighted by molar-refractivity contribution is 0.658. The summed E-state index contributed by atoms with van der Waals surface area (Å²) in [6, 6.07) is 67.1. The molecule has 0 aliphatic heterocycles. The highest BCUT2D eigenvalue weighted by Crippen LogP contribution is 2.53. The lowest BCUT2D eigenvalue weighted by Crippen LogP contribution is -2.14. The monoisotopic (exact) mass is 712 g/mol. The molecule has 0 amide bonds. The van der Waals surface area contributed by atoms with Gasteiger partial charge < -0.3 is 4.42 Å². The van der Waals surface area contributed by atoms with Crippen molar-refractivity contribution < 1.29 is 4.42 Å². The molecule has 10 aromatic carbocycles. The summed E-state index contributed by atoms with van der Waals surface area (Å²) in [6.07, 6.45) is 0. The van der Waals surface area contributed by atoms with Crippen molar-refractivity contribution in [2.75, 3.05) is 0 Å². The lowest BCUT2D eigenvalue weighted by atomic mass is 9.81. The van der Waals surface area contributed by atoms with E-state index in [-0.39, 0.29) is 5.41 Å². The summed E-state index contributed by atoms with van der Waals surface area (Å²) in [7, 11) is 0. The summed E-state index contributed by atoms with van der Waals surface area (Å²) in [5.41, 5.74) is 14.5. The van der Waals surface area contributed by atoms with Gasteiger partial charge in [-0.1, -0.05) is 172 Å². The molecule has 0 radical (unpaired) electrons. The lowest BCUT2D eigenvalue weighted by Gasteiger charge is -2.22. The van der Waals surface area contributed by atoms with Crippen molar-refractivity contribution in [3.63, 3.8) is 0 Å². The van der Waals surface area contributed by atoms with Crippen LogP contribution in [-0.2, 0) is 5.41 Å². The fourth-order valence-corrected chi connectivity index (χ4v) is 10.1. The average molecular weight is 713 g/mol. The molecule has 1 heterocycles. The highest BCUT2D eigenvalue weighted by atomic mass is 16.3. The minimum atomic E-state index is -0.147. The first-order valence-corrected chi connectivity index (χ1v) is 19.6. The van der Waals surface area contributed by atoms with Gasteiger partial charge >= 0.3 is 0 Å². The van der Waals surface area contributed by atoms with Crippen LogP contribution in [0.25, 0.3) is 110 Å². The minimum absolute atomic E-state index is 0.147. The van der Waals surface area contributed by atoms with Crippen molar-refractivity contribution in [2.45, 2.75) is 19.3 Å². The SMILES string of the molecule is CC1(C)c2ccc(-c3ccc(-c4c5ccccc5c(-c5ccccc5)c5ccccc45)c4ccccc34)cc2-c2cc3oc4ccc5ccccc5c4c3cc21. The highest BCUT2D eigenvalue weighted by Gasteiger charge is 2.36. The predicted molar refractivity (Wildman–Crippen MR) is 238 cm³/mol. The molecule has 0 bridgehead atoms.